The number of Topliss-reactive ketones (excluding diaryl/α,β-unsaturated/α-hetero) is 1. The predicted octanol–water partition coefficient (Wildman–Crippen LogP) is 0.989. The van der Waals surface area contributed by atoms with E-state index in [0.29, 0.717) is 0 Å². The standard InChI is InChI=1S/C13H12N2O4/c1-15-10-5-3-2-4-8(10)6-9(12(15)17)11(16)7-14-13(18)19/h2-6,14H,7H2,1H3,(H,18,19). The van der Waals surface area contributed by atoms with E-state index in [1.54, 1.807) is 31.3 Å². The van der Waals surface area contributed by atoms with Gasteiger partial charge in [-0.3, -0.25) is 9.59 Å². The lowest BCUT2D eigenvalue weighted by atomic mass is 10.1. The zero-order valence-electron chi connectivity index (χ0n) is 10.2. The SMILES string of the molecule is Cn1c(=O)c(C(=O)CNC(=O)O)cc2ccccc21. The number of carboxylic acid groups (broad SMARTS) is 1. The van der Waals surface area contributed by atoms with Crippen molar-refractivity contribution >= 4 is 22.8 Å². The van der Waals surface area contributed by atoms with Crippen LogP contribution in [0.25, 0.3) is 10.9 Å². The average Bonchev–Trinajstić information content (AvgIpc) is 2.40. The van der Waals surface area contributed by atoms with Crippen LogP contribution < -0.4 is 10.9 Å². The highest BCUT2D eigenvalue weighted by Gasteiger charge is 2.14. The number of para-hydroxylation sites is 1. The minimum absolute atomic E-state index is 0.0186. The van der Waals surface area contributed by atoms with Crippen molar-refractivity contribution in [2.75, 3.05) is 6.54 Å². The quantitative estimate of drug-likeness (QED) is 0.805. The highest BCUT2D eigenvalue weighted by atomic mass is 16.4. The number of amides is 1. The van der Waals surface area contributed by atoms with Gasteiger partial charge >= 0.3 is 6.09 Å². The first-order chi connectivity index (χ1) is 9.00. The summed E-state index contributed by atoms with van der Waals surface area (Å²) in [7, 11) is 1.58. The van der Waals surface area contributed by atoms with Gasteiger partial charge in [0.1, 0.15) is 0 Å². The summed E-state index contributed by atoms with van der Waals surface area (Å²) >= 11 is 0. The topological polar surface area (TPSA) is 88.4 Å². The Morgan fingerprint density at radius 1 is 1.32 bits per heavy atom. The predicted molar refractivity (Wildman–Crippen MR) is 69.5 cm³/mol. The van der Waals surface area contributed by atoms with Crippen LogP contribution in [0.15, 0.2) is 35.1 Å². The van der Waals surface area contributed by atoms with E-state index in [9.17, 15) is 14.4 Å². The van der Waals surface area contributed by atoms with Gasteiger partial charge < -0.3 is 15.0 Å². The first-order valence-electron chi connectivity index (χ1n) is 5.59. The van der Waals surface area contributed by atoms with E-state index in [0.717, 1.165) is 10.9 Å². The van der Waals surface area contributed by atoms with Crippen LogP contribution in [0.3, 0.4) is 0 Å². The summed E-state index contributed by atoms with van der Waals surface area (Å²) < 4.78 is 1.38. The molecule has 0 spiro atoms. The maximum atomic E-state index is 12.0. The van der Waals surface area contributed by atoms with E-state index < -0.39 is 24.0 Å². The van der Waals surface area contributed by atoms with Crippen molar-refractivity contribution in [1.82, 2.24) is 9.88 Å². The number of aromatic nitrogens is 1. The lowest BCUT2D eigenvalue weighted by Gasteiger charge is -2.08. The molecule has 2 aromatic rings. The summed E-state index contributed by atoms with van der Waals surface area (Å²) in [6.45, 7) is -0.414. The zero-order valence-corrected chi connectivity index (χ0v) is 10.2. The van der Waals surface area contributed by atoms with Gasteiger partial charge in [-0.1, -0.05) is 18.2 Å². The minimum atomic E-state index is -1.30. The van der Waals surface area contributed by atoms with Crippen LogP contribution in [0, 0.1) is 0 Å². The van der Waals surface area contributed by atoms with Crippen LogP contribution in [-0.2, 0) is 7.05 Å². The number of carbonyl (C=O) groups is 2. The number of nitrogens with one attached hydrogen (secondary N) is 1. The second-order valence-electron chi connectivity index (χ2n) is 4.06. The number of rotatable bonds is 3. The molecule has 0 saturated carbocycles. The summed E-state index contributed by atoms with van der Waals surface area (Å²) in [4.78, 5) is 34.2. The average molecular weight is 260 g/mol. The van der Waals surface area contributed by atoms with Crippen LogP contribution in [0.4, 0.5) is 4.79 Å². The molecule has 98 valence electrons. The number of nitrogens with zero attached hydrogens (tertiary/aromatic N) is 1. The molecule has 0 saturated heterocycles. The Hall–Kier alpha value is -2.63. The van der Waals surface area contributed by atoms with Crippen molar-refractivity contribution in [3.8, 4) is 0 Å². The minimum Gasteiger partial charge on any atom is -0.465 e. The number of ketones is 1. The molecule has 0 fully saturated rings. The van der Waals surface area contributed by atoms with Crippen LogP contribution in [-0.4, -0.2) is 28.1 Å². The van der Waals surface area contributed by atoms with E-state index >= 15 is 0 Å². The van der Waals surface area contributed by atoms with E-state index in [2.05, 4.69) is 0 Å². The molecule has 2 N–H and O–H groups in total. The summed E-state index contributed by atoms with van der Waals surface area (Å²) in [5, 5.41) is 11.2. The summed E-state index contributed by atoms with van der Waals surface area (Å²) in [6, 6.07) is 8.66. The molecule has 1 amide bonds. The number of pyridine rings is 1. The lowest BCUT2D eigenvalue weighted by molar-refractivity contribution is 0.0985. The Kier molecular flexibility index (Phi) is 3.33. The van der Waals surface area contributed by atoms with Gasteiger partial charge in [0.15, 0.2) is 5.78 Å². The van der Waals surface area contributed by atoms with Gasteiger partial charge in [-0.15, -0.1) is 0 Å². The third-order valence-corrected chi connectivity index (χ3v) is 2.83. The molecule has 0 aliphatic rings. The first-order valence-corrected chi connectivity index (χ1v) is 5.59. The molecule has 1 aromatic heterocycles. The first kappa shape index (κ1) is 12.8. The molecule has 0 bridgehead atoms. The summed E-state index contributed by atoms with van der Waals surface area (Å²) in [5.74, 6) is -0.547. The van der Waals surface area contributed by atoms with Crippen LogP contribution in [0.5, 0.6) is 0 Å². The van der Waals surface area contributed by atoms with Gasteiger partial charge in [0.05, 0.1) is 17.6 Å². The third-order valence-electron chi connectivity index (χ3n) is 2.83. The number of hydrogen-bond acceptors (Lipinski definition) is 3. The highest BCUT2D eigenvalue weighted by molar-refractivity contribution is 6.01. The largest absolute Gasteiger partial charge is 0.465 e. The molecule has 0 atom stereocenters. The van der Waals surface area contributed by atoms with Crippen molar-refractivity contribution < 1.29 is 14.7 Å². The number of fused-ring (bicyclic) bond motifs is 1. The van der Waals surface area contributed by atoms with Crippen molar-refractivity contribution in [3.05, 3.63) is 46.2 Å². The highest BCUT2D eigenvalue weighted by Crippen LogP contribution is 2.12. The molecular formula is C13H12N2O4. The molecule has 6 nitrogen and oxygen atoms in total. The monoisotopic (exact) mass is 260 g/mol. The van der Waals surface area contributed by atoms with Gasteiger partial charge in [-0.05, 0) is 17.5 Å². The molecule has 0 aliphatic carbocycles. The molecule has 0 radical (unpaired) electrons. The van der Waals surface area contributed by atoms with E-state index in [1.807, 2.05) is 5.32 Å². The molecule has 1 heterocycles. The van der Waals surface area contributed by atoms with E-state index in [4.69, 9.17) is 5.11 Å². The van der Waals surface area contributed by atoms with Crippen LogP contribution >= 0.6 is 0 Å². The Morgan fingerprint density at radius 3 is 2.68 bits per heavy atom. The Bertz CT molecular complexity index is 718. The maximum absolute atomic E-state index is 12.0. The van der Waals surface area contributed by atoms with Crippen molar-refractivity contribution in [1.29, 1.82) is 0 Å². The van der Waals surface area contributed by atoms with Gasteiger partial charge in [0.25, 0.3) is 5.56 Å². The summed E-state index contributed by atoms with van der Waals surface area (Å²) in [5.41, 5.74) is 0.265. The number of hydrogen-bond donors (Lipinski definition) is 2. The zero-order chi connectivity index (χ0) is 14.0. The fourth-order valence-corrected chi connectivity index (χ4v) is 1.87. The smallest absolute Gasteiger partial charge is 0.405 e. The molecule has 1 aromatic carbocycles. The van der Waals surface area contributed by atoms with Gasteiger partial charge in [0, 0.05) is 7.05 Å². The summed E-state index contributed by atoms with van der Waals surface area (Å²) in [6.07, 6.45) is -1.30. The molecule has 2 rings (SSSR count). The Labute approximate surface area is 108 Å². The fourth-order valence-electron chi connectivity index (χ4n) is 1.87. The molecular weight excluding hydrogens is 248 g/mol. The van der Waals surface area contributed by atoms with Crippen LogP contribution in [0.2, 0.25) is 0 Å². The Balaban J connectivity index is 2.49. The second kappa shape index (κ2) is 4.93. The van der Waals surface area contributed by atoms with Crippen molar-refractivity contribution in [2.45, 2.75) is 0 Å². The van der Waals surface area contributed by atoms with Gasteiger partial charge in [-0.25, -0.2) is 4.79 Å². The molecule has 0 unspecified atom stereocenters. The number of benzene rings is 1. The van der Waals surface area contributed by atoms with Crippen LogP contribution in [0.1, 0.15) is 10.4 Å². The molecule has 19 heavy (non-hydrogen) atoms. The van der Waals surface area contributed by atoms with Crippen molar-refractivity contribution in [2.24, 2.45) is 7.05 Å². The number of carbonyl (C=O) groups excluding carboxylic acids is 1. The normalized spacial score (nSPS) is 10.4. The lowest BCUT2D eigenvalue weighted by Crippen LogP contribution is -2.32. The third kappa shape index (κ3) is 2.47. The molecule has 6 heteroatoms. The maximum Gasteiger partial charge on any atom is 0.405 e. The Morgan fingerprint density at radius 2 is 2.00 bits per heavy atom. The van der Waals surface area contributed by atoms with Gasteiger partial charge in [-0.2, -0.15) is 0 Å². The van der Waals surface area contributed by atoms with Gasteiger partial charge in [0.2, 0.25) is 0 Å². The second-order valence-corrected chi connectivity index (χ2v) is 4.06. The van der Waals surface area contributed by atoms with E-state index in [1.165, 1.54) is 10.6 Å². The van der Waals surface area contributed by atoms with Crippen molar-refractivity contribution in [3.63, 3.8) is 0 Å². The molecule has 0 aliphatic heterocycles. The number of aryl methyl sites for hydroxylation is 1. The van der Waals surface area contributed by atoms with E-state index in [-0.39, 0.29) is 5.56 Å². The fraction of sp³-hybridized carbons (Fsp3) is 0.154.